The lowest BCUT2D eigenvalue weighted by molar-refractivity contribution is -0.120. The van der Waals surface area contributed by atoms with Gasteiger partial charge in [-0.25, -0.2) is 0 Å². The largest absolute Gasteiger partial charge is 0.494 e. The second-order valence-corrected chi connectivity index (χ2v) is 7.33. The fourth-order valence-electron chi connectivity index (χ4n) is 2.30. The molecule has 0 aliphatic carbocycles. The summed E-state index contributed by atoms with van der Waals surface area (Å²) >= 11 is 1.42. The lowest BCUT2D eigenvalue weighted by atomic mass is 10.1. The van der Waals surface area contributed by atoms with Crippen LogP contribution < -0.4 is 15.4 Å². The van der Waals surface area contributed by atoms with Gasteiger partial charge in [0.2, 0.25) is 5.91 Å². The van der Waals surface area contributed by atoms with E-state index in [9.17, 15) is 9.59 Å². The molecular weight excluding hydrogens is 348 g/mol. The van der Waals surface area contributed by atoms with Gasteiger partial charge in [-0.1, -0.05) is 25.5 Å². The van der Waals surface area contributed by atoms with Crippen LogP contribution in [0.5, 0.6) is 5.75 Å². The van der Waals surface area contributed by atoms with Gasteiger partial charge >= 0.3 is 0 Å². The third kappa shape index (κ3) is 6.88. The zero-order chi connectivity index (χ0) is 18.8. The minimum absolute atomic E-state index is 0.0139. The molecule has 0 spiro atoms. The van der Waals surface area contributed by atoms with E-state index < -0.39 is 0 Å². The molecule has 1 heterocycles. The number of carbonyl (C=O) groups excluding carboxylic acids is 2. The molecule has 26 heavy (non-hydrogen) atoms. The summed E-state index contributed by atoms with van der Waals surface area (Å²) in [5.74, 6) is 0.473. The van der Waals surface area contributed by atoms with Crippen LogP contribution in [0.15, 0.2) is 36.4 Å². The van der Waals surface area contributed by atoms with Gasteiger partial charge in [-0.2, -0.15) is 0 Å². The van der Waals surface area contributed by atoms with Crippen LogP contribution >= 0.6 is 11.3 Å². The third-order valence-corrected chi connectivity index (χ3v) is 4.80. The summed E-state index contributed by atoms with van der Waals surface area (Å²) in [4.78, 5) is 25.4. The first-order valence-electron chi connectivity index (χ1n) is 8.91. The molecule has 0 aliphatic rings. The smallest absolute Gasteiger partial charge is 0.261 e. The summed E-state index contributed by atoms with van der Waals surface area (Å²) in [5, 5.41) is 5.45. The first kappa shape index (κ1) is 20.0. The summed E-state index contributed by atoms with van der Waals surface area (Å²) < 4.78 is 5.63. The van der Waals surface area contributed by atoms with E-state index in [1.165, 1.54) is 11.3 Å². The van der Waals surface area contributed by atoms with Gasteiger partial charge in [-0.3, -0.25) is 9.59 Å². The molecular formula is C20H26N2O3S. The number of benzene rings is 1. The van der Waals surface area contributed by atoms with Gasteiger partial charge in [0.05, 0.1) is 18.0 Å². The normalized spacial score (nSPS) is 10.4. The Morgan fingerprint density at radius 2 is 1.85 bits per heavy atom. The van der Waals surface area contributed by atoms with Crippen LogP contribution in [-0.4, -0.2) is 31.5 Å². The predicted octanol–water partition coefficient (Wildman–Crippen LogP) is 3.32. The maximum absolute atomic E-state index is 11.9. The van der Waals surface area contributed by atoms with Crippen molar-refractivity contribution in [2.75, 3.05) is 19.7 Å². The molecule has 0 unspecified atom stereocenters. The molecule has 0 saturated carbocycles. The number of thiophene rings is 1. The van der Waals surface area contributed by atoms with E-state index in [0.717, 1.165) is 42.1 Å². The van der Waals surface area contributed by atoms with Crippen LogP contribution in [0, 0.1) is 6.92 Å². The Kier molecular flexibility index (Phi) is 8.15. The Morgan fingerprint density at radius 1 is 1.08 bits per heavy atom. The zero-order valence-electron chi connectivity index (χ0n) is 15.3. The molecule has 0 bridgehead atoms. The number of nitrogens with one attached hydrogen (secondary N) is 2. The molecule has 140 valence electrons. The van der Waals surface area contributed by atoms with Crippen LogP contribution in [0.2, 0.25) is 0 Å². The van der Waals surface area contributed by atoms with Crippen molar-refractivity contribution in [3.63, 3.8) is 0 Å². The lowest BCUT2D eigenvalue weighted by Crippen LogP contribution is -2.37. The molecule has 2 amide bonds. The monoisotopic (exact) mass is 374 g/mol. The Hall–Kier alpha value is -2.34. The quantitative estimate of drug-likeness (QED) is 0.627. The Labute approximate surface area is 158 Å². The van der Waals surface area contributed by atoms with Crippen LogP contribution in [-0.2, 0) is 11.2 Å². The van der Waals surface area contributed by atoms with E-state index in [-0.39, 0.29) is 18.4 Å². The van der Waals surface area contributed by atoms with Crippen LogP contribution in [0.1, 0.15) is 39.9 Å². The Bertz CT molecular complexity index is 710. The van der Waals surface area contributed by atoms with Crippen LogP contribution in [0.25, 0.3) is 0 Å². The molecule has 0 atom stereocenters. The first-order chi connectivity index (χ1) is 12.6. The van der Waals surface area contributed by atoms with Crippen LogP contribution in [0.4, 0.5) is 0 Å². The number of rotatable bonds is 10. The number of aryl methyl sites for hydroxylation is 1. The van der Waals surface area contributed by atoms with Gasteiger partial charge in [0.15, 0.2) is 0 Å². The lowest BCUT2D eigenvalue weighted by Gasteiger charge is -2.08. The maximum atomic E-state index is 11.9. The molecule has 0 saturated heterocycles. The van der Waals surface area contributed by atoms with E-state index in [0.29, 0.717) is 11.4 Å². The van der Waals surface area contributed by atoms with E-state index >= 15 is 0 Å². The van der Waals surface area contributed by atoms with E-state index in [4.69, 9.17) is 4.74 Å². The SMILES string of the molecule is CCCCOc1ccc(CCNC(=O)CNC(=O)c2ccc(C)s2)cc1. The molecule has 2 rings (SSSR count). The van der Waals surface area contributed by atoms with Crippen molar-refractivity contribution < 1.29 is 14.3 Å². The molecule has 1 aromatic carbocycles. The van der Waals surface area contributed by atoms with E-state index in [2.05, 4.69) is 17.6 Å². The number of ether oxygens (including phenoxy) is 1. The predicted molar refractivity (Wildman–Crippen MR) is 105 cm³/mol. The molecule has 0 fully saturated rings. The third-order valence-electron chi connectivity index (χ3n) is 3.80. The van der Waals surface area contributed by atoms with Crippen LogP contribution in [0.3, 0.4) is 0 Å². The summed E-state index contributed by atoms with van der Waals surface area (Å²) in [6.07, 6.45) is 2.90. The van der Waals surface area contributed by atoms with Gasteiger partial charge in [0.25, 0.3) is 5.91 Å². The summed E-state index contributed by atoms with van der Waals surface area (Å²) in [5.41, 5.74) is 1.13. The molecule has 1 aromatic heterocycles. The number of unbranched alkanes of at least 4 members (excludes halogenated alkanes) is 1. The van der Waals surface area contributed by atoms with Crippen molar-refractivity contribution in [1.29, 1.82) is 0 Å². The fraction of sp³-hybridized carbons (Fsp3) is 0.400. The molecule has 5 nitrogen and oxygen atoms in total. The highest BCUT2D eigenvalue weighted by molar-refractivity contribution is 7.13. The number of hydrogen-bond donors (Lipinski definition) is 2. The standard InChI is InChI=1S/C20H26N2O3S/c1-3-4-13-25-17-8-6-16(7-9-17)11-12-21-19(23)14-22-20(24)18-10-5-15(2)26-18/h5-10H,3-4,11-14H2,1-2H3,(H,21,23)(H,22,24). The second kappa shape index (κ2) is 10.6. The van der Waals surface area contributed by atoms with Crippen molar-refractivity contribution in [1.82, 2.24) is 10.6 Å². The molecule has 6 heteroatoms. The highest BCUT2D eigenvalue weighted by atomic mass is 32.1. The number of hydrogen-bond acceptors (Lipinski definition) is 4. The minimum Gasteiger partial charge on any atom is -0.494 e. The Morgan fingerprint density at radius 3 is 2.50 bits per heavy atom. The van der Waals surface area contributed by atoms with Crippen molar-refractivity contribution >= 4 is 23.2 Å². The summed E-state index contributed by atoms with van der Waals surface area (Å²) in [6, 6.07) is 11.6. The highest BCUT2D eigenvalue weighted by Gasteiger charge is 2.09. The Balaban J connectivity index is 1.64. The van der Waals surface area contributed by atoms with Gasteiger partial charge in [0.1, 0.15) is 5.75 Å². The van der Waals surface area contributed by atoms with Crippen molar-refractivity contribution in [2.24, 2.45) is 0 Å². The van der Waals surface area contributed by atoms with Gasteiger partial charge in [-0.05, 0) is 49.6 Å². The maximum Gasteiger partial charge on any atom is 0.261 e. The molecule has 0 radical (unpaired) electrons. The van der Waals surface area contributed by atoms with Crippen molar-refractivity contribution in [3.05, 3.63) is 51.7 Å². The van der Waals surface area contributed by atoms with E-state index in [1.807, 2.05) is 37.3 Å². The summed E-state index contributed by atoms with van der Waals surface area (Å²) in [7, 11) is 0. The van der Waals surface area contributed by atoms with Gasteiger partial charge in [0, 0.05) is 11.4 Å². The first-order valence-corrected chi connectivity index (χ1v) is 9.73. The fourth-order valence-corrected chi connectivity index (χ4v) is 3.08. The number of amides is 2. The molecule has 2 aromatic rings. The number of carbonyl (C=O) groups is 2. The van der Waals surface area contributed by atoms with Gasteiger partial charge < -0.3 is 15.4 Å². The molecule has 2 N–H and O–H groups in total. The molecule has 0 aliphatic heterocycles. The minimum atomic E-state index is -0.211. The zero-order valence-corrected chi connectivity index (χ0v) is 16.2. The van der Waals surface area contributed by atoms with E-state index in [1.54, 1.807) is 6.07 Å². The van der Waals surface area contributed by atoms with Gasteiger partial charge in [-0.15, -0.1) is 11.3 Å². The average molecular weight is 375 g/mol. The average Bonchev–Trinajstić information content (AvgIpc) is 3.08. The summed E-state index contributed by atoms with van der Waals surface area (Å²) in [6.45, 7) is 5.33. The van der Waals surface area contributed by atoms with Crippen molar-refractivity contribution in [3.8, 4) is 5.75 Å². The second-order valence-electron chi connectivity index (χ2n) is 6.04. The van der Waals surface area contributed by atoms with Crippen molar-refractivity contribution in [2.45, 2.75) is 33.1 Å². The highest BCUT2D eigenvalue weighted by Crippen LogP contribution is 2.14. The topological polar surface area (TPSA) is 67.4 Å².